The Kier molecular flexibility index (Phi) is 50.6. The number of rotatable bonds is 50. The summed E-state index contributed by atoms with van der Waals surface area (Å²) >= 11 is 0. The highest BCUT2D eigenvalue weighted by Gasteiger charge is 2.28. The Bertz CT molecular complexity index is 1620. The Hall–Kier alpha value is -3.86. The fourth-order valence-corrected chi connectivity index (χ4v) is 7.80. The van der Waals surface area contributed by atoms with Crippen molar-refractivity contribution >= 4 is 25.7 Å². The Balaban J connectivity index is 4.87. The third-order valence-electron chi connectivity index (χ3n) is 11.2. The van der Waals surface area contributed by atoms with Crippen LogP contribution >= 0.6 is 7.82 Å². The van der Waals surface area contributed by atoms with Gasteiger partial charge in [0.2, 0.25) is 0 Å². The molecule has 11 nitrogen and oxygen atoms in total. The first-order valence-corrected chi connectivity index (χ1v) is 29.3. The fourth-order valence-electron chi connectivity index (χ4n) is 7.02. The number of hydrogen-bond donors (Lipinski definition) is 2. The molecule has 0 aliphatic rings. The van der Waals surface area contributed by atoms with Crippen molar-refractivity contribution in [3.8, 4) is 0 Å². The highest BCUT2D eigenvalue weighted by molar-refractivity contribution is 7.47. The van der Waals surface area contributed by atoms with Crippen LogP contribution in [0.3, 0.4) is 0 Å². The summed E-state index contributed by atoms with van der Waals surface area (Å²) in [4.78, 5) is 48.4. The van der Waals surface area contributed by atoms with Gasteiger partial charge in [-0.3, -0.25) is 23.4 Å². The monoisotopic (exact) mass is 1030 g/mol. The summed E-state index contributed by atoms with van der Waals surface area (Å²) in [6.45, 7) is 4.30. The second-order valence-corrected chi connectivity index (χ2v) is 19.4. The van der Waals surface area contributed by atoms with Gasteiger partial charge in [0.15, 0.2) is 6.10 Å². The van der Waals surface area contributed by atoms with E-state index in [0.29, 0.717) is 19.3 Å². The molecule has 0 radical (unpaired) electrons. The number of ether oxygens (including phenoxy) is 3. The SMILES string of the molecule is CC/C=C\C/C=C\C/C=C\C/C=C\C/C=C\CCCCCC(=O)OC(COC(=O)CCCC/C=C\C/C=C\C/C=C\C/C=C\CC)COP(=O)(O)OCC(CO)OC(=O)CCCCCCCCCCCCC. The normalized spacial score (nSPS) is 14.2. The van der Waals surface area contributed by atoms with Gasteiger partial charge in [0.1, 0.15) is 12.7 Å². The van der Waals surface area contributed by atoms with E-state index >= 15 is 0 Å². The van der Waals surface area contributed by atoms with Crippen molar-refractivity contribution in [2.45, 2.75) is 226 Å². The predicted molar refractivity (Wildman–Crippen MR) is 297 cm³/mol. The minimum absolute atomic E-state index is 0.115. The number of carbonyl (C=O) groups excluding carboxylic acids is 3. The zero-order chi connectivity index (χ0) is 52.7. The van der Waals surface area contributed by atoms with Crippen LogP contribution in [-0.4, -0.2) is 66.5 Å². The van der Waals surface area contributed by atoms with Gasteiger partial charge < -0.3 is 24.2 Å². The summed E-state index contributed by atoms with van der Waals surface area (Å²) in [7, 11) is -4.77. The van der Waals surface area contributed by atoms with E-state index in [1.807, 2.05) is 0 Å². The van der Waals surface area contributed by atoms with Gasteiger partial charge in [0, 0.05) is 19.3 Å². The van der Waals surface area contributed by atoms with E-state index in [4.69, 9.17) is 23.3 Å². The third-order valence-corrected chi connectivity index (χ3v) is 12.1. The minimum Gasteiger partial charge on any atom is -0.462 e. The molecule has 0 aromatic carbocycles. The smallest absolute Gasteiger partial charge is 0.462 e. The predicted octanol–water partition coefficient (Wildman–Crippen LogP) is 16.2. The Labute approximate surface area is 437 Å². The van der Waals surface area contributed by atoms with Gasteiger partial charge >= 0.3 is 25.7 Å². The molecular formula is C60H99O11P. The van der Waals surface area contributed by atoms with Crippen molar-refractivity contribution in [1.29, 1.82) is 0 Å². The molecule has 0 saturated heterocycles. The minimum atomic E-state index is -4.77. The topological polar surface area (TPSA) is 155 Å². The number of aliphatic hydroxyl groups excluding tert-OH is 1. The van der Waals surface area contributed by atoms with E-state index in [0.717, 1.165) is 109 Å². The molecule has 0 aliphatic carbocycles. The molecule has 2 N–H and O–H groups in total. The molecule has 0 saturated carbocycles. The van der Waals surface area contributed by atoms with Crippen LogP contribution in [0.2, 0.25) is 0 Å². The molecule has 0 rings (SSSR count). The molecule has 0 bridgehead atoms. The van der Waals surface area contributed by atoms with Gasteiger partial charge in [-0.1, -0.05) is 201 Å². The van der Waals surface area contributed by atoms with Crippen molar-refractivity contribution in [2.75, 3.05) is 26.4 Å². The van der Waals surface area contributed by atoms with Crippen molar-refractivity contribution in [3.05, 3.63) is 109 Å². The Morgan fingerprint density at radius 3 is 1.14 bits per heavy atom. The second-order valence-electron chi connectivity index (χ2n) is 18.0. The molecule has 0 aromatic rings. The van der Waals surface area contributed by atoms with Crippen molar-refractivity contribution in [1.82, 2.24) is 0 Å². The maximum atomic E-state index is 12.9. The summed E-state index contributed by atoms with van der Waals surface area (Å²) in [5.74, 6) is -1.56. The lowest BCUT2D eigenvalue weighted by Crippen LogP contribution is -2.30. The summed E-state index contributed by atoms with van der Waals surface area (Å²) in [5.41, 5.74) is 0. The molecule has 12 heteroatoms. The molecule has 410 valence electrons. The van der Waals surface area contributed by atoms with Crippen molar-refractivity contribution in [3.63, 3.8) is 0 Å². The molecule has 0 aliphatic heterocycles. The van der Waals surface area contributed by atoms with Crippen molar-refractivity contribution in [2.24, 2.45) is 0 Å². The van der Waals surface area contributed by atoms with Crippen LogP contribution in [-0.2, 0) is 42.2 Å². The lowest BCUT2D eigenvalue weighted by molar-refractivity contribution is -0.161. The zero-order valence-corrected chi connectivity index (χ0v) is 46.0. The number of unbranched alkanes of at least 4 members (excludes halogenated alkanes) is 15. The molecule has 0 aromatic heterocycles. The number of esters is 3. The van der Waals surface area contributed by atoms with Crippen LogP contribution in [0, 0.1) is 0 Å². The number of phosphoric acid groups is 1. The number of hydrogen-bond acceptors (Lipinski definition) is 10. The van der Waals surface area contributed by atoms with E-state index in [2.05, 4.69) is 130 Å². The van der Waals surface area contributed by atoms with Gasteiger partial charge in [-0.2, -0.15) is 0 Å². The first-order chi connectivity index (χ1) is 35.2. The molecule has 0 spiro atoms. The summed E-state index contributed by atoms with van der Waals surface area (Å²) in [5, 5.41) is 9.78. The van der Waals surface area contributed by atoms with E-state index in [9.17, 15) is 28.9 Å². The van der Waals surface area contributed by atoms with Crippen LogP contribution in [0.25, 0.3) is 0 Å². The van der Waals surface area contributed by atoms with Gasteiger partial charge in [-0.25, -0.2) is 4.57 Å². The zero-order valence-electron chi connectivity index (χ0n) is 45.1. The Morgan fingerprint density at radius 1 is 0.403 bits per heavy atom. The van der Waals surface area contributed by atoms with E-state index in [1.165, 1.54) is 44.9 Å². The lowest BCUT2D eigenvalue weighted by Gasteiger charge is -2.21. The Morgan fingerprint density at radius 2 is 0.722 bits per heavy atom. The molecule has 0 amide bonds. The highest BCUT2D eigenvalue weighted by Crippen LogP contribution is 2.43. The molecule has 0 heterocycles. The first-order valence-electron chi connectivity index (χ1n) is 27.8. The average Bonchev–Trinajstić information content (AvgIpc) is 3.37. The van der Waals surface area contributed by atoms with E-state index in [1.54, 1.807) is 0 Å². The average molecular weight is 1030 g/mol. The molecule has 3 unspecified atom stereocenters. The van der Waals surface area contributed by atoms with Gasteiger partial charge in [-0.05, 0) is 103 Å². The second kappa shape index (κ2) is 53.4. The number of aliphatic hydroxyl groups is 1. The standard InChI is InChI=1S/C60H99O11P/c1-4-7-10-13-16-19-22-24-26-27-28-29-31-33-36-39-42-45-48-51-60(64)71-57(53-67-58(62)49-46-43-40-37-35-32-30-25-23-20-17-14-11-8-5-2)55-69-72(65,66)68-54-56(52-61)70-59(63)50-47-44-41-38-34-21-18-15-12-9-6-3/h7-8,10-11,16-17,19-20,24-26,28-30,33,35-37,56-57,61H,4-6,9,12-15,18,21-23,27,31-32,34,38-55H2,1-3H3,(H,65,66)/b10-7-,11-8-,19-16-,20-17-,26-24-,29-28-,30-25-,36-33-,37-35-. The largest absolute Gasteiger partial charge is 0.472 e. The fraction of sp³-hybridized carbons (Fsp3) is 0.650. The van der Waals surface area contributed by atoms with Gasteiger partial charge in [0.05, 0.1) is 19.8 Å². The number of allylic oxidation sites excluding steroid dienone is 18. The third kappa shape index (κ3) is 51.1. The molecule has 72 heavy (non-hydrogen) atoms. The molecular weight excluding hydrogens is 928 g/mol. The maximum absolute atomic E-state index is 12.9. The molecule has 0 fully saturated rings. The number of phosphoric ester groups is 1. The maximum Gasteiger partial charge on any atom is 0.472 e. The summed E-state index contributed by atoms with van der Waals surface area (Å²) in [6.07, 6.45) is 63.4. The summed E-state index contributed by atoms with van der Waals surface area (Å²) < 4.78 is 39.4. The lowest BCUT2D eigenvalue weighted by atomic mass is 10.1. The van der Waals surface area contributed by atoms with E-state index < -0.39 is 57.8 Å². The van der Waals surface area contributed by atoms with Crippen LogP contribution in [0.1, 0.15) is 213 Å². The van der Waals surface area contributed by atoms with Gasteiger partial charge in [-0.15, -0.1) is 0 Å². The highest BCUT2D eigenvalue weighted by atomic mass is 31.2. The molecule has 3 atom stereocenters. The quantitative estimate of drug-likeness (QED) is 0.0197. The van der Waals surface area contributed by atoms with Crippen LogP contribution < -0.4 is 0 Å². The van der Waals surface area contributed by atoms with Crippen molar-refractivity contribution < 1.29 is 52.2 Å². The first kappa shape index (κ1) is 68.1. The van der Waals surface area contributed by atoms with Crippen LogP contribution in [0.4, 0.5) is 0 Å². The van der Waals surface area contributed by atoms with Gasteiger partial charge in [0.25, 0.3) is 0 Å². The van der Waals surface area contributed by atoms with Crippen LogP contribution in [0.5, 0.6) is 0 Å². The summed E-state index contributed by atoms with van der Waals surface area (Å²) in [6, 6.07) is 0. The van der Waals surface area contributed by atoms with E-state index in [-0.39, 0.29) is 25.9 Å². The van der Waals surface area contributed by atoms with Crippen LogP contribution in [0.15, 0.2) is 109 Å². The number of carbonyl (C=O) groups is 3.